The number of aromatic nitrogens is 4. The molecule has 5 rings (SSSR count). The van der Waals surface area contributed by atoms with E-state index < -0.39 is 0 Å². The smallest absolute Gasteiger partial charge is 0.263 e. The average Bonchev–Trinajstić information content (AvgIpc) is 3.29. The summed E-state index contributed by atoms with van der Waals surface area (Å²) in [6, 6.07) is 21.6. The number of rotatable bonds is 7. The number of nitrogens with one attached hydrogen (secondary N) is 1. The van der Waals surface area contributed by atoms with Crippen LogP contribution in [0.1, 0.15) is 18.5 Å². The van der Waals surface area contributed by atoms with Gasteiger partial charge in [-0.05, 0) is 41.5 Å². The van der Waals surface area contributed by atoms with Crippen molar-refractivity contribution in [3.8, 4) is 0 Å². The van der Waals surface area contributed by atoms with Crippen LogP contribution in [0, 0.1) is 0 Å². The Morgan fingerprint density at radius 1 is 1.09 bits per heavy atom. The lowest BCUT2D eigenvalue weighted by Gasteiger charge is -2.15. The summed E-state index contributed by atoms with van der Waals surface area (Å²) < 4.78 is 3.36. The van der Waals surface area contributed by atoms with Gasteiger partial charge in [-0.15, -0.1) is 16.8 Å². The normalized spacial score (nSPS) is 12.3. The van der Waals surface area contributed by atoms with Crippen molar-refractivity contribution in [2.75, 3.05) is 5.75 Å². The van der Waals surface area contributed by atoms with Crippen LogP contribution < -0.4 is 10.9 Å². The Bertz CT molecular complexity index is 1600. The molecule has 8 heteroatoms. The number of benzene rings is 3. The highest BCUT2D eigenvalue weighted by molar-refractivity contribution is 7.99. The predicted octanol–water partition coefficient (Wildman–Crippen LogP) is 4.35. The first-order chi connectivity index (χ1) is 16.6. The van der Waals surface area contributed by atoms with Crippen molar-refractivity contribution in [2.45, 2.75) is 24.7 Å². The molecule has 170 valence electrons. The molecule has 1 atom stereocenters. The van der Waals surface area contributed by atoms with Crippen LogP contribution in [0.4, 0.5) is 0 Å². The summed E-state index contributed by atoms with van der Waals surface area (Å²) in [4.78, 5) is 25.7. The molecule has 0 bridgehead atoms. The molecule has 1 amide bonds. The summed E-state index contributed by atoms with van der Waals surface area (Å²) in [5.41, 5.74) is 1.61. The number of allylic oxidation sites excluding steroid dienone is 1. The van der Waals surface area contributed by atoms with Crippen molar-refractivity contribution in [3.05, 3.63) is 95.3 Å². The number of amides is 1. The van der Waals surface area contributed by atoms with E-state index in [0.29, 0.717) is 28.4 Å². The maximum absolute atomic E-state index is 12.9. The standard InChI is InChI=1S/C26H23N5O2S/c1-3-14-30-24(33)21-10-6-7-11-22(21)31-25(30)28-29-26(31)34-16-23(32)27-17(2)19-13-12-18-8-4-5-9-20(18)15-19/h3-13,15,17H,1,14,16H2,2H3,(H,27,32). The Kier molecular flexibility index (Phi) is 5.90. The summed E-state index contributed by atoms with van der Waals surface area (Å²) in [6.07, 6.45) is 1.65. The summed E-state index contributed by atoms with van der Waals surface area (Å²) in [5, 5.41) is 15.0. The lowest BCUT2D eigenvalue weighted by molar-refractivity contribution is -0.119. The lowest BCUT2D eigenvalue weighted by atomic mass is 10.0. The molecule has 1 unspecified atom stereocenters. The highest BCUT2D eigenvalue weighted by Crippen LogP contribution is 2.23. The fraction of sp³-hybridized carbons (Fsp3) is 0.154. The van der Waals surface area contributed by atoms with Crippen LogP contribution in [0.25, 0.3) is 27.5 Å². The first-order valence-electron chi connectivity index (χ1n) is 11.0. The number of nitrogens with zero attached hydrogens (tertiary/aromatic N) is 4. The summed E-state index contributed by atoms with van der Waals surface area (Å²) >= 11 is 1.29. The van der Waals surface area contributed by atoms with Gasteiger partial charge in [-0.1, -0.05) is 66.4 Å². The van der Waals surface area contributed by atoms with E-state index in [0.717, 1.165) is 10.9 Å². The number of thioether (sulfide) groups is 1. The van der Waals surface area contributed by atoms with Gasteiger partial charge in [-0.3, -0.25) is 18.6 Å². The molecule has 0 radical (unpaired) electrons. The predicted molar refractivity (Wildman–Crippen MR) is 136 cm³/mol. The average molecular weight is 470 g/mol. The minimum atomic E-state index is -0.145. The molecule has 0 spiro atoms. The summed E-state index contributed by atoms with van der Waals surface area (Å²) in [6.45, 7) is 6.04. The Labute approximate surface area is 200 Å². The van der Waals surface area contributed by atoms with Gasteiger partial charge in [0.2, 0.25) is 11.7 Å². The summed E-state index contributed by atoms with van der Waals surface area (Å²) in [5.74, 6) is 0.496. The van der Waals surface area contributed by atoms with Crippen LogP contribution in [0.2, 0.25) is 0 Å². The molecule has 7 nitrogen and oxygen atoms in total. The largest absolute Gasteiger partial charge is 0.349 e. The molecule has 0 aliphatic carbocycles. The maximum Gasteiger partial charge on any atom is 0.263 e. The fourth-order valence-corrected chi connectivity index (χ4v) is 4.85. The molecule has 5 aromatic rings. The van der Waals surface area contributed by atoms with E-state index in [4.69, 9.17) is 0 Å². The monoisotopic (exact) mass is 469 g/mol. The van der Waals surface area contributed by atoms with E-state index in [2.05, 4.69) is 46.4 Å². The molecule has 0 aliphatic rings. The number of hydrogen-bond acceptors (Lipinski definition) is 5. The third-order valence-electron chi connectivity index (χ3n) is 5.77. The number of carbonyl (C=O) groups excluding carboxylic acids is 1. The number of carbonyl (C=O) groups is 1. The first kappa shape index (κ1) is 21.9. The Balaban J connectivity index is 1.38. The van der Waals surface area contributed by atoms with E-state index in [1.54, 1.807) is 12.1 Å². The highest BCUT2D eigenvalue weighted by Gasteiger charge is 2.18. The van der Waals surface area contributed by atoms with Crippen LogP contribution in [0.15, 0.2) is 89.3 Å². The van der Waals surface area contributed by atoms with Crippen molar-refractivity contribution < 1.29 is 4.79 Å². The van der Waals surface area contributed by atoms with Crippen LogP contribution in [0.5, 0.6) is 0 Å². The van der Waals surface area contributed by atoms with Gasteiger partial charge in [0.05, 0.1) is 22.7 Å². The van der Waals surface area contributed by atoms with Crippen LogP contribution in [0.3, 0.4) is 0 Å². The van der Waals surface area contributed by atoms with Gasteiger partial charge < -0.3 is 5.32 Å². The van der Waals surface area contributed by atoms with Crippen LogP contribution >= 0.6 is 11.8 Å². The highest BCUT2D eigenvalue weighted by atomic mass is 32.2. The quantitative estimate of drug-likeness (QED) is 0.283. The second-order valence-corrected chi connectivity index (χ2v) is 8.97. The van der Waals surface area contributed by atoms with E-state index in [-0.39, 0.29) is 23.3 Å². The van der Waals surface area contributed by atoms with Gasteiger partial charge in [0.25, 0.3) is 5.56 Å². The molecule has 0 saturated carbocycles. The van der Waals surface area contributed by atoms with Gasteiger partial charge >= 0.3 is 0 Å². The second-order valence-electron chi connectivity index (χ2n) is 8.02. The van der Waals surface area contributed by atoms with E-state index >= 15 is 0 Å². The van der Waals surface area contributed by atoms with Crippen LogP contribution in [-0.2, 0) is 11.3 Å². The zero-order valence-electron chi connectivity index (χ0n) is 18.6. The van der Waals surface area contributed by atoms with Gasteiger partial charge in [0, 0.05) is 6.54 Å². The van der Waals surface area contributed by atoms with Gasteiger partial charge in [0.15, 0.2) is 5.16 Å². The zero-order chi connectivity index (χ0) is 23.7. The van der Waals surface area contributed by atoms with Gasteiger partial charge in [-0.2, -0.15) is 0 Å². The van der Waals surface area contributed by atoms with Crippen molar-refractivity contribution in [1.29, 1.82) is 0 Å². The Hall–Kier alpha value is -3.91. The number of fused-ring (bicyclic) bond motifs is 4. The minimum absolute atomic E-state index is 0.105. The van der Waals surface area contributed by atoms with Crippen molar-refractivity contribution >= 4 is 45.1 Å². The van der Waals surface area contributed by atoms with Crippen molar-refractivity contribution in [3.63, 3.8) is 0 Å². The van der Waals surface area contributed by atoms with Gasteiger partial charge in [0.1, 0.15) is 0 Å². The first-order valence-corrected chi connectivity index (χ1v) is 11.9. The minimum Gasteiger partial charge on any atom is -0.349 e. The molecular weight excluding hydrogens is 446 g/mol. The Morgan fingerprint density at radius 2 is 1.85 bits per heavy atom. The van der Waals surface area contributed by atoms with E-state index in [1.165, 1.54) is 21.7 Å². The molecule has 34 heavy (non-hydrogen) atoms. The number of para-hydroxylation sites is 1. The Morgan fingerprint density at radius 3 is 2.68 bits per heavy atom. The number of hydrogen-bond donors (Lipinski definition) is 1. The topological polar surface area (TPSA) is 81.3 Å². The second kappa shape index (κ2) is 9.15. The lowest BCUT2D eigenvalue weighted by Crippen LogP contribution is -2.28. The maximum atomic E-state index is 12.9. The molecule has 0 aliphatic heterocycles. The third kappa shape index (κ3) is 3.97. The molecule has 2 heterocycles. The van der Waals surface area contributed by atoms with E-state index in [9.17, 15) is 9.59 Å². The molecule has 0 fully saturated rings. The molecule has 1 N–H and O–H groups in total. The van der Waals surface area contributed by atoms with Crippen molar-refractivity contribution in [1.82, 2.24) is 24.5 Å². The molecular formula is C26H23N5O2S. The summed E-state index contributed by atoms with van der Waals surface area (Å²) in [7, 11) is 0. The third-order valence-corrected chi connectivity index (χ3v) is 6.70. The van der Waals surface area contributed by atoms with Crippen LogP contribution in [-0.4, -0.2) is 30.8 Å². The van der Waals surface area contributed by atoms with Crippen molar-refractivity contribution in [2.24, 2.45) is 0 Å². The van der Waals surface area contributed by atoms with E-state index in [1.807, 2.05) is 47.7 Å². The zero-order valence-corrected chi connectivity index (χ0v) is 19.5. The van der Waals surface area contributed by atoms with Gasteiger partial charge in [-0.25, -0.2) is 0 Å². The fourth-order valence-electron chi connectivity index (χ4n) is 4.09. The molecule has 3 aromatic carbocycles. The molecule has 2 aromatic heterocycles. The molecule has 0 saturated heterocycles. The SMILES string of the molecule is C=CCn1c(=O)c2ccccc2n2c(SCC(=O)NC(C)c3ccc4ccccc4c3)nnc12.